The zero-order chi connectivity index (χ0) is 14.3. The van der Waals surface area contributed by atoms with Crippen LogP contribution in [-0.2, 0) is 6.54 Å². The molecule has 0 aliphatic carbocycles. The van der Waals surface area contributed by atoms with Gasteiger partial charge in [0.25, 0.3) is 0 Å². The molecule has 0 saturated carbocycles. The van der Waals surface area contributed by atoms with Gasteiger partial charge in [0.15, 0.2) is 0 Å². The van der Waals surface area contributed by atoms with Crippen LogP contribution in [0.2, 0.25) is 0 Å². The van der Waals surface area contributed by atoms with Crippen molar-refractivity contribution in [1.82, 2.24) is 10.2 Å². The summed E-state index contributed by atoms with van der Waals surface area (Å²) in [5, 5.41) is 3.34. The van der Waals surface area contributed by atoms with Gasteiger partial charge < -0.3 is 10.2 Å². The lowest BCUT2D eigenvalue weighted by atomic mass is 9.85. The summed E-state index contributed by atoms with van der Waals surface area (Å²) in [6, 6.07) is 8.57. The number of benzene rings is 1. The van der Waals surface area contributed by atoms with E-state index in [-0.39, 0.29) is 0 Å². The van der Waals surface area contributed by atoms with E-state index in [2.05, 4.69) is 71.3 Å². The summed E-state index contributed by atoms with van der Waals surface area (Å²) in [4.78, 5) is 2.43. The van der Waals surface area contributed by atoms with E-state index >= 15 is 0 Å². The Morgan fingerprint density at radius 3 is 2.68 bits per heavy atom. The van der Waals surface area contributed by atoms with E-state index in [4.69, 9.17) is 0 Å². The smallest absolute Gasteiger partial charge is 0.0231 e. The molecule has 1 N–H and O–H groups in total. The lowest BCUT2D eigenvalue weighted by Crippen LogP contribution is -2.39. The molecule has 0 aliphatic heterocycles. The quantitative estimate of drug-likeness (QED) is 0.779. The van der Waals surface area contributed by atoms with Crippen molar-refractivity contribution in [3.8, 4) is 0 Å². The van der Waals surface area contributed by atoms with Crippen molar-refractivity contribution in [1.29, 1.82) is 0 Å². The molecule has 0 spiro atoms. The molecule has 0 fully saturated rings. The Bertz CT molecular complexity index is 373. The highest BCUT2D eigenvalue weighted by molar-refractivity contribution is 9.10. The molecule has 1 aromatic carbocycles. The van der Waals surface area contributed by atoms with Crippen LogP contribution in [0.15, 0.2) is 28.7 Å². The monoisotopic (exact) mass is 326 g/mol. The van der Waals surface area contributed by atoms with E-state index in [1.165, 1.54) is 18.4 Å². The van der Waals surface area contributed by atoms with Gasteiger partial charge >= 0.3 is 0 Å². The predicted molar refractivity (Wildman–Crippen MR) is 87.4 cm³/mol. The Labute approximate surface area is 126 Å². The highest BCUT2D eigenvalue weighted by Crippen LogP contribution is 2.24. The average Bonchev–Trinajstić information content (AvgIpc) is 2.28. The van der Waals surface area contributed by atoms with Crippen LogP contribution in [0.1, 0.15) is 32.3 Å². The van der Waals surface area contributed by atoms with Gasteiger partial charge in [-0.2, -0.15) is 0 Å². The minimum atomic E-state index is 0.351. The second-order valence-electron chi connectivity index (χ2n) is 5.89. The van der Waals surface area contributed by atoms with Crippen molar-refractivity contribution in [2.45, 2.75) is 33.2 Å². The standard InChI is InChI=1S/C16H27BrN2/c1-5-9-16(2,12-18-3)13-19(4)11-14-7-6-8-15(17)10-14/h6-8,10,18H,5,9,11-13H2,1-4H3. The number of hydrogen-bond acceptors (Lipinski definition) is 2. The summed E-state index contributed by atoms with van der Waals surface area (Å²) < 4.78 is 1.16. The van der Waals surface area contributed by atoms with Gasteiger partial charge in [-0.1, -0.05) is 48.3 Å². The van der Waals surface area contributed by atoms with E-state index in [9.17, 15) is 0 Å². The van der Waals surface area contributed by atoms with Gasteiger partial charge in [-0.05, 0) is 43.6 Å². The normalized spacial score (nSPS) is 14.6. The first-order chi connectivity index (χ1) is 8.99. The molecule has 1 unspecified atom stereocenters. The first kappa shape index (κ1) is 16.7. The average molecular weight is 327 g/mol. The van der Waals surface area contributed by atoms with Crippen LogP contribution in [0.4, 0.5) is 0 Å². The molecule has 0 radical (unpaired) electrons. The SMILES string of the molecule is CCCC(C)(CNC)CN(C)Cc1cccc(Br)c1. The maximum absolute atomic E-state index is 3.53. The summed E-state index contributed by atoms with van der Waals surface area (Å²) >= 11 is 3.53. The number of rotatable bonds is 8. The molecule has 1 rings (SSSR count). The second kappa shape index (κ2) is 8.03. The Morgan fingerprint density at radius 1 is 1.37 bits per heavy atom. The largest absolute Gasteiger partial charge is 0.319 e. The van der Waals surface area contributed by atoms with Crippen LogP contribution >= 0.6 is 15.9 Å². The molecule has 1 aromatic rings. The van der Waals surface area contributed by atoms with Gasteiger partial charge in [-0.3, -0.25) is 0 Å². The van der Waals surface area contributed by atoms with Crippen LogP contribution in [0.25, 0.3) is 0 Å². The van der Waals surface area contributed by atoms with Gasteiger partial charge in [0.2, 0.25) is 0 Å². The van der Waals surface area contributed by atoms with Crippen molar-refractivity contribution in [2.24, 2.45) is 5.41 Å². The Balaban J connectivity index is 2.59. The number of halogens is 1. The predicted octanol–water partition coefficient (Wildman–Crippen LogP) is 3.91. The van der Waals surface area contributed by atoms with Crippen LogP contribution < -0.4 is 5.32 Å². The minimum absolute atomic E-state index is 0.351. The fourth-order valence-corrected chi connectivity index (χ4v) is 3.35. The first-order valence-corrected chi connectivity index (χ1v) is 7.86. The highest BCUT2D eigenvalue weighted by atomic mass is 79.9. The van der Waals surface area contributed by atoms with Crippen molar-refractivity contribution < 1.29 is 0 Å². The van der Waals surface area contributed by atoms with Crippen LogP contribution in [0.3, 0.4) is 0 Å². The molecule has 2 nitrogen and oxygen atoms in total. The third-order valence-corrected chi connectivity index (χ3v) is 3.94. The van der Waals surface area contributed by atoms with Crippen LogP contribution in [0.5, 0.6) is 0 Å². The maximum Gasteiger partial charge on any atom is 0.0231 e. The van der Waals surface area contributed by atoms with Crippen molar-refractivity contribution in [3.05, 3.63) is 34.3 Å². The fraction of sp³-hybridized carbons (Fsp3) is 0.625. The molecule has 0 aliphatic rings. The lowest BCUT2D eigenvalue weighted by Gasteiger charge is -2.33. The van der Waals surface area contributed by atoms with E-state index in [0.29, 0.717) is 5.41 Å². The van der Waals surface area contributed by atoms with Crippen LogP contribution in [0, 0.1) is 5.41 Å². The molecule has 0 aromatic heterocycles. The molecule has 0 saturated heterocycles. The summed E-state index contributed by atoms with van der Waals surface area (Å²) in [6.07, 6.45) is 2.50. The second-order valence-corrected chi connectivity index (χ2v) is 6.81. The molecule has 0 bridgehead atoms. The molecule has 108 valence electrons. The zero-order valence-corrected chi connectivity index (χ0v) is 14.3. The number of hydrogen-bond donors (Lipinski definition) is 1. The summed E-state index contributed by atoms with van der Waals surface area (Å²) in [6.45, 7) is 7.84. The third kappa shape index (κ3) is 6.07. The number of nitrogens with one attached hydrogen (secondary N) is 1. The van der Waals surface area contributed by atoms with E-state index in [1.54, 1.807) is 0 Å². The van der Waals surface area contributed by atoms with E-state index < -0.39 is 0 Å². The fourth-order valence-electron chi connectivity index (χ4n) is 2.91. The zero-order valence-electron chi connectivity index (χ0n) is 12.7. The van der Waals surface area contributed by atoms with Crippen molar-refractivity contribution in [2.75, 3.05) is 27.2 Å². The minimum Gasteiger partial charge on any atom is -0.319 e. The maximum atomic E-state index is 3.53. The van der Waals surface area contributed by atoms with Crippen LogP contribution in [-0.4, -0.2) is 32.1 Å². The number of nitrogens with zero attached hydrogens (tertiary/aromatic N) is 1. The van der Waals surface area contributed by atoms with Gasteiger partial charge in [-0.15, -0.1) is 0 Å². The summed E-state index contributed by atoms with van der Waals surface area (Å²) in [5.74, 6) is 0. The third-order valence-electron chi connectivity index (χ3n) is 3.45. The Hall–Kier alpha value is -0.380. The van der Waals surface area contributed by atoms with Gasteiger partial charge in [0.1, 0.15) is 0 Å². The van der Waals surface area contributed by atoms with Crippen molar-refractivity contribution in [3.63, 3.8) is 0 Å². The molecule has 0 amide bonds. The Morgan fingerprint density at radius 2 is 2.11 bits per heavy atom. The molecular weight excluding hydrogens is 300 g/mol. The van der Waals surface area contributed by atoms with E-state index in [1.807, 2.05) is 7.05 Å². The van der Waals surface area contributed by atoms with E-state index in [0.717, 1.165) is 24.1 Å². The summed E-state index contributed by atoms with van der Waals surface area (Å²) in [7, 11) is 4.26. The van der Waals surface area contributed by atoms with Gasteiger partial charge in [0.05, 0.1) is 0 Å². The Kier molecular flexibility index (Phi) is 7.05. The molecular formula is C16H27BrN2. The molecule has 3 heteroatoms. The molecule has 19 heavy (non-hydrogen) atoms. The highest BCUT2D eigenvalue weighted by Gasteiger charge is 2.24. The van der Waals surface area contributed by atoms with Crippen molar-refractivity contribution >= 4 is 15.9 Å². The molecule has 0 heterocycles. The summed E-state index contributed by atoms with van der Waals surface area (Å²) in [5.41, 5.74) is 1.71. The lowest BCUT2D eigenvalue weighted by molar-refractivity contribution is 0.171. The topological polar surface area (TPSA) is 15.3 Å². The first-order valence-electron chi connectivity index (χ1n) is 7.06. The molecule has 1 atom stereocenters. The van der Waals surface area contributed by atoms with Gasteiger partial charge in [0, 0.05) is 24.1 Å². The van der Waals surface area contributed by atoms with Gasteiger partial charge in [-0.25, -0.2) is 0 Å².